The van der Waals surface area contributed by atoms with Gasteiger partial charge in [-0.3, -0.25) is 0 Å². The first-order valence-electron chi connectivity index (χ1n) is 8.30. The van der Waals surface area contributed by atoms with Gasteiger partial charge in [0.25, 0.3) is 0 Å². The lowest BCUT2D eigenvalue weighted by molar-refractivity contribution is 0.444. The lowest BCUT2D eigenvalue weighted by Gasteiger charge is -2.23. The molecule has 124 valence electrons. The second-order valence-corrected chi connectivity index (χ2v) is 7.21. The van der Waals surface area contributed by atoms with Crippen LogP contribution in [0, 0.1) is 6.92 Å². The van der Waals surface area contributed by atoms with E-state index in [1.807, 2.05) is 23.9 Å². The summed E-state index contributed by atoms with van der Waals surface area (Å²) in [5.74, 6) is 1.84. The van der Waals surface area contributed by atoms with E-state index in [4.69, 9.17) is 23.2 Å². The first-order chi connectivity index (χ1) is 11.6. The van der Waals surface area contributed by atoms with Gasteiger partial charge in [-0.25, -0.2) is 14.6 Å². The minimum Gasteiger partial charge on any atom is -0.221 e. The van der Waals surface area contributed by atoms with Gasteiger partial charge in [0.15, 0.2) is 5.82 Å². The van der Waals surface area contributed by atoms with Gasteiger partial charge in [0.05, 0.1) is 11.7 Å². The molecule has 0 saturated heterocycles. The Hall–Kier alpha value is -1.65. The maximum absolute atomic E-state index is 6.56. The summed E-state index contributed by atoms with van der Waals surface area (Å²) in [4.78, 5) is 8.58. The van der Waals surface area contributed by atoms with Crippen LogP contribution in [0.5, 0.6) is 0 Å². The summed E-state index contributed by atoms with van der Waals surface area (Å²) in [5.41, 5.74) is 2.23. The molecule has 24 heavy (non-hydrogen) atoms. The van der Waals surface area contributed by atoms with Crippen LogP contribution in [-0.2, 0) is 0 Å². The Morgan fingerprint density at radius 1 is 1.04 bits per heavy atom. The van der Waals surface area contributed by atoms with Gasteiger partial charge in [0, 0.05) is 16.5 Å². The van der Waals surface area contributed by atoms with Gasteiger partial charge in [-0.1, -0.05) is 42.5 Å². The van der Waals surface area contributed by atoms with E-state index in [2.05, 4.69) is 21.1 Å². The molecular formula is C18H18Cl2N4. The monoisotopic (exact) mass is 360 g/mol. The summed E-state index contributed by atoms with van der Waals surface area (Å²) in [6, 6.07) is 5.92. The summed E-state index contributed by atoms with van der Waals surface area (Å²) in [5, 5.41) is 6.75. The fraction of sp³-hybridized carbons (Fsp3) is 0.389. The van der Waals surface area contributed by atoms with Crippen molar-refractivity contribution in [3.8, 4) is 5.82 Å². The molecule has 0 N–H and O–H groups in total. The van der Waals surface area contributed by atoms with Gasteiger partial charge in [0.2, 0.25) is 0 Å². The smallest absolute Gasteiger partial charge is 0.159 e. The van der Waals surface area contributed by atoms with Crippen LogP contribution >= 0.6 is 23.2 Å². The molecule has 6 heteroatoms. The normalized spacial score (nSPS) is 16.0. The Kier molecular flexibility index (Phi) is 4.19. The molecule has 2 heterocycles. The molecule has 1 fully saturated rings. The zero-order chi connectivity index (χ0) is 16.7. The average Bonchev–Trinajstić information content (AvgIpc) is 2.96. The molecule has 2 aromatic heterocycles. The second kappa shape index (κ2) is 6.34. The van der Waals surface area contributed by atoms with Crippen LogP contribution in [-0.4, -0.2) is 19.7 Å². The maximum atomic E-state index is 6.56. The zero-order valence-corrected chi connectivity index (χ0v) is 15.0. The van der Waals surface area contributed by atoms with E-state index in [1.54, 1.807) is 6.07 Å². The van der Waals surface area contributed by atoms with Crippen molar-refractivity contribution in [3.63, 3.8) is 0 Å². The molecule has 4 nitrogen and oxygen atoms in total. The van der Waals surface area contributed by atoms with Crippen LogP contribution in [0.15, 0.2) is 24.4 Å². The molecule has 3 aromatic rings. The number of rotatable bonds is 2. The Bertz CT molecular complexity index is 877. The summed E-state index contributed by atoms with van der Waals surface area (Å²) >= 11 is 12.6. The van der Waals surface area contributed by atoms with E-state index >= 15 is 0 Å². The highest BCUT2D eigenvalue weighted by molar-refractivity contribution is 6.32. The van der Waals surface area contributed by atoms with Crippen molar-refractivity contribution in [1.29, 1.82) is 0 Å². The predicted octanol–water partition coefficient (Wildman–Crippen LogP) is 5.48. The fourth-order valence-corrected chi connectivity index (χ4v) is 4.14. The molecule has 0 atom stereocenters. The quantitative estimate of drug-likeness (QED) is 0.568. The summed E-state index contributed by atoms with van der Waals surface area (Å²) in [6.45, 7) is 1.82. The van der Waals surface area contributed by atoms with E-state index in [0.717, 1.165) is 15.9 Å². The second-order valence-electron chi connectivity index (χ2n) is 6.42. The van der Waals surface area contributed by atoms with Gasteiger partial charge >= 0.3 is 0 Å². The Balaban J connectivity index is 1.85. The summed E-state index contributed by atoms with van der Waals surface area (Å²) in [6.07, 6.45) is 8.11. The van der Waals surface area contributed by atoms with Gasteiger partial charge in [-0.15, -0.1) is 0 Å². The van der Waals surface area contributed by atoms with Crippen molar-refractivity contribution in [2.24, 2.45) is 0 Å². The maximum Gasteiger partial charge on any atom is 0.159 e. The molecule has 1 saturated carbocycles. The molecule has 4 rings (SSSR count). The predicted molar refractivity (Wildman–Crippen MR) is 97.2 cm³/mol. The van der Waals surface area contributed by atoms with Crippen molar-refractivity contribution < 1.29 is 0 Å². The molecule has 0 bridgehead atoms. The zero-order valence-electron chi connectivity index (χ0n) is 13.5. The third-order valence-corrected chi connectivity index (χ3v) is 5.26. The molecular weight excluding hydrogens is 343 g/mol. The number of fused-ring (bicyclic) bond motifs is 1. The number of benzene rings is 1. The first-order valence-corrected chi connectivity index (χ1v) is 9.06. The number of nitrogens with zero attached hydrogens (tertiary/aromatic N) is 4. The third-order valence-electron chi connectivity index (χ3n) is 4.74. The van der Waals surface area contributed by atoms with Crippen LogP contribution in [0.3, 0.4) is 0 Å². The Labute approximate surface area is 150 Å². The molecule has 0 aliphatic heterocycles. The van der Waals surface area contributed by atoms with Crippen molar-refractivity contribution in [1.82, 2.24) is 19.7 Å². The lowest BCUT2D eigenvalue weighted by atomic mass is 9.84. The SMILES string of the molecule is Cc1nc(Cl)cc(-n2ncc3cc(Cl)c(C4CCCCC4)cc32)n1. The Morgan fingerprint density at radius 2 is 1.83 bits per heavy atom. The molecule has 1 aliphatic carbocycles. The van der Waals surface area contributed by atoms with Crippen LogP contribution in [0.1, 0.15) is 49.4 Å². The molecule has 0 unspecified atom stereocenters. The van der Waals surface area contributed by atoms with Crippen LogP contribution in [0.4, 0.5) is 0 Å². The number of halogens is 2. The van der Waals surface area contributed by atoms with Gasteiger partial charge in [0.1, 0.15) is 11.0 Å². The van der Waals surface area contributed by atoms with Gasteiger partial charge in [-0.05, 0) is 43.4 Å². The van der Waals surface area contributed by atoms with E-state index < -0.39 is 0 Å². The topological polar surface area (TPSA) is 43.6 Å². The Morgan fingerprint density at radius 3 is 2.58 bits per heavy atom. The average molecular weight is 361 g/mol. The van der Waals surface area contributed by atoms with Crippen molar-refractivity contribution in [3.05, 3.63) is 46.0 Å². The van der Waals surface area contributed by atoms with Gasteiger partial charge in [-0.2, -0.15) is 5.10 Å². The highest BCUT2D eigenvalue weighted by Crippen LogP contribution is 2.38. The van der Waals surface area contributed by atoms with Crippen molar-refractivity contribution in [2.75, 3.05) is 0 Å². The molecule has 0 radical (unpaired) electrons. The van der Waals surface area contributed by atoms with E-state index in [0.29, 0.717) is 22.7 Å². The van der Waals surface area contributed by atoms with Crippen LogP contribution < -0.4 is 0 Å². The highest BCUT2D eigenvalue weighted by Gasteiger charge is 2.20. The summed E-state index contributed by atoms with van der Waals surface area (Å²) in [7, 11) is 0. The first kappa shape index (κ1) is 15.9. The number of aryl methyl sites for hydroxylation is 1. The summed E-state index contributed by atoms with van der Waals surface area (Å²) < 4.78 is 1.82. The van der Waals surface area contributed by atoms with E-state index in [-0.39, 0.29) is 0 Å². The van der Waals surface area contributed by atoms with Gasteiger partial charge < -0.3 is 0 Å². The van der Waals surface area contributed by atoms with E-state index in [1.165, 1.54) is 37.7 Å². The molecule has 0 amide bonds. The largest absolute Gasteiger partial charge is 0.221 e. The molecule has 0 spiro atoms. The van der Waals surface area contributed by atoms with Crippen LogP contribution in [0.25, 0.3) is 16.7 Å². The van der Waals surface area contributed by atoms with E-state index in [9.17, 15) is 0 Å². The number of aromatic nitrogens is 4. The third kappa shape index (κ3) is 2.89. The molecule has 1 aromatic carbocycles. The standard InChI is InChI=1S/C18H18Cl2N4/c1-11-22-17(20)9-18(23-11)24-16-8-14(12-5-3-2-4-6-12)15(19)7-13(16)10-21-24/h7-10,12H,2-6H2,1H3. The lowest BCUT2D eigenvalue weighted by Crippen LogP contribution is -2.06. The van der Waals surface area contributed by atoms with Crippen molar-refractivity contribution in [2.45, 2.75) is 44.9 Å². The fourth-order valence-electron chi connectivity index (χ4n) is 3.60. The van der Waals surface area contributed by atoms with Crippen molar-refractivity contribution >= 4 is 34.1 Å². The number of hydrogen-bond donors (Lipinski definition) is 0. The number of hydrogen-bond acceptors (Lipinski definition) is 3. The highest BCUT2D eigenvalue weighted by atomic mass is 35.5. The van der Waals surface area contributed by atoms with Crippen LogP contribution in [0.2, 0.25) is 10.2 Å². The minimum absolute atomic E-state index is 0.419. The molecule has 1 aliphatic rings. The minimum atomic E-state index is 0.419.